The fourth-order valence-corrected chi connectivity index (χ4v) is 4.64. The lowest BCUT2D eigenvalue weighted by Crippen LogP contribution is -2.32. The van der Waals surface area contributed by atoms with Gasteiger partial charge in [-0.15, -0.1) is 0 Å². The standard InChI is InChI=1S/C23H26ClN3O2/c24-19-7-8-20-18(15-19)6-5-17-3-1-11-25-23(17)22(20)16-9-13-27(14-10-16)12-2-4-21(28)26-29/h1,3,7-8,11,15,29H,2,4-6,9-10,12-14H2,(H,26,28). The molecule has 0 atom stereocenters. The van der Waals surface area contributed by atoms with Crippen LogP contribution in [0.3, 0.4) is 0 Å². The van der Waals surface area contributed by atoms with Gasteiger partial charge in [-0.3, -0.25) is 15.0 Å². The van der Waals surface area contributed by atoms with Crippen molar-refractivity contribution in [2.45, 2.75) is 38.5 Å². The summed E-state index contributed by atoms with van der Waals surface area (Å²) in [5.41, 5.74) is 9.46. The van der Waals surface area contributed by atoms with Gasteiger partial charge in [-0.2, -0.15) is 0 Å². The molecule has 2 N–H and O–H groups in total. The van der Waals surface area contributed by atoms with Gasteiger partial charge in [-0.25, -0.2) is 5.48 Å². The molecular formula is C23H26ClN3O2. The number of fused-ring (bicyclic) bond motifs is 2. The third-order valence-electron chi connectivity index (χ3n) is 5.94. The topological polar surface area (TPSA) is 65.5 Å². The second kappa shape index (κ2) is 9.08. The molecule has 5 nitrogen and oxygen atoms in total. The van der Waals surface area contributed by atoms with Crippen LogP contribution in [0, 0.1) is 0 Å². The number of benzene rings is 1. The number of amides is 1. The average molecular weight is 412 g/mol. The molecule has 0 saturated carbocycles. The zero-order chi connectivity index (χ0) is 20.2. The molecular weight excluding hydrogens is 386 g/mol. The number of likely N-dealkylation sites (tertiary alicyclic amines) is 1. The van der Waals surface area contributed by atoms with Crippen molar-refractivity contribution in [3.05, 3.63) is 69.5 Å². The van der Waals surface area contributed by atoms with Gasteiger partial charge in [-0.05, 0) is 73.5 Å². The van der Waals surface area contributed by atoms with E-state index in [-0.39, 0.29) is 5.91 Å². The molecule has 4 rings (SSSR count). The van der Waals surface area contributed by atoms with E-state index in [0.29, 0.717) is 6.42 Å². The fourth-order valence-electron chi connectivity index (χ4n) is 4.45. The average Bonchev–Trinajstić information content (AvgIpc) is 2.91. The largest absolute Gasteiger partial charge is 0.303 e. The summed E-state index contributed by atoms with van der Waals surface area (Å²) in [5, 5.41) is 9.40. The van der Waals surface area contributed by atoms with Crippen LogP contribution in [0.1, 0.15) is 48.1 Å². The van der Waals surface area contributed by atoms with Crippen LogP contribution in [0.5, 0.6) is 0 Å². The quantitative estimate of drug-likeness (QED) is 0.589. The number of pyridine rings is 1. The van der Waals surface area contributed by atoms with Crippen molar-refractivity contribution in [3.63, 3.8) is 0 Å². The lowest BCUT2D eigenvalue weighted by atomic mass is 9.88. The van der Waals surface area contributed by atoms with Crippen LogP contribution in [0.2, 0.25) is 5.02 Å². The monoisotopic (exact) mass is 411 g/mol. The highest BCUT2D eigenvalue weighted by Crippen LogP contribution is 2.38. The maximum absolute atomic E-state index is 11.2. The molecule has 1 amide bonds. The van der Waals surface area contributed by atoms with Gasteiger partial charge in [0.2, 0.25) is 5.91 Å². The number of rotatable bonds is 4. The van der Waals surface area contributed by atoms with E-state index in [1.165, 1.54) is 27.8 Å². The smallest absolute Gasteiger partial charge is 0.243 e. The first-order chi connectivity index (χ1) is 14.2. The molecule has 0 unspecified atom stereocenters. The number of hydroxylamine groups is 1. The molecule has 0 spiro atoms. The Morgan fingerprint density at radius 1 is 1.14 bits per heavy atom. The molecule has 1 fully saturated rings. The Balaban J connectivity index is 1.59. The Morgan fingerprint density at radius 2 is 1.93 bits per heavy atom. The molecule has 1 aliphatic carbocycles. The van der Waals surface area contributed by atoms with Gasteiger partial charge in [0.25, 0.3) is 0 Å². The highest BCUT2D eigenvalue weighted by molar-refractivity contribution is 6.30. The van der Waals surface area contributed by atoms with Crippen LogP contribution in [-0.4, -0.2) is 40.6 Å². The third-order valence-corrected chi connectivity index (χ3v) is 6.18. The summed E-state index contributed by atoms with van der Waals surface area (Å²) in [7, 11) is 0. The molecule has 1 aliphatic heterocycles. The molecule has 152 valence electrons. The summed E-state index contributed by atoms with van der Waals surface area (Å²) in [6.07, 6.45) is 6.95. The number of halogens is 1. The maximum atomic E-state index is 11.2. The van der Waals surface area contributed by atoms with Crippen molar-refractivity contribution in [1.29, 1.82) is 0 Å². The minimum atomic E-state index is -0.318. The first kappa shape index (κ1) is 20.1. The molecule has 0 bridgehead atoms. The first-order valence-electron chi connectivity index (χ1n) is 10.3. The summed E-state index contributed by atoms with van der Waals surface area (Å²) in [6.45, 7) is 2.83. The molecule has 2 aromatic rings. The summed E-state index contributed by atoms with van der Waals surface area (Å²) >= 11 is 6.29. The molecule has 2 heterocycles. The van der Waals surface area contributed by atoms with Gasteiger partial charge in [-0.1, -0.05) is 29.3 Å². The molecule has 2 aliphatic rings. The van der Waals surface area contributed by atoms with Crippen molar-refractivity contribution in [3.8, 4) is 0 Å². The molecule has 29 heavy (non-hydrogen) atoms. The third kappa shape index (κ3) is 4.53. The number of hydrogen-bond acceptors (Lipinski definition) is 4. The van der Waals surface area contributed by atoms with Crippen molar-refractivity contribution in [2.24, 2.45) is 0 Å². The lowest BCUT2D eigenvalue weighted by Gasteiger charge is -2.30. The maximum Gasteiger partial charge on any atom is 0.243 e. The normalized spacial score (nSPS) is 16.8. The molecule has 6 heteroatoms. The van der Waals surface area contributed by atoms with Gasteiger partial charge in [0, 0.05) is 36.3 Å². The van der Waals surface area contributed by atoms with Crippen LogP contribution >= 0.6 is 11.6 Å². The van der Waals surface area contributed by atoms with E-state index in [0.717, 1.165) is 62.5 Å². The zero-order valence-electron chi connectivity index (χ0n) is 16.5. The number of aromatic nitrogens is 1. The van der Waals surface area contributed by atoms with Gasteiger partial charge < -0.3 is 4.90 Å². The van der Waals surface area contributed by atoms with Crippen LogP contribution < -0.4 is 5.48 Å². The number of nitrogens with zero attached hydrogens (tertiary/aromatic N) is 2. The van der Waals surface area contributed by atoms with E-state index in [1.807, 2.05) is 18.3 Å². The predicted molar refractivity (Wildman–Crippen MR) is 114 cm³/mol. The van der Waals surface area contributed by atoms with Crippen LogP contribution in [0.4, 0.5) is 0 Å². The Labute approximate surface area is 176 Å². The summed E-state index contributed by atoms with van der Waals surface area (Å²) in [6, 6.07) is 10.5. The van der Waals surface area contributed by atoms with E-state index in [4.69, 9.17) is 21.8 Å². The first-order valence-corrected chi connectivity index (χ1v) is 10.6. The lowest BCUT2D eigenvalue weighted by molar-refractivity contribution is -0.129. The highest BCUT2D eigenvalue weighted by Gasteiger charge is 2.25. The van der Waals surface area contributed by atoms with Crippen molar-refractivity contribution in [2.75, 3.05) is 19.6 Å². The number of carbonyl (C=O) groups is 1. The second-order valence-electron chi connectivity index (χ2n) is 7.77. The fraction of sp³-hybridized carbons (Fsp3) is 0.391. The minimum Gasteiger partial charge on any atom is -0.303 e. The highest BCUT2D eigenvalue weighted by atomic mass is 35.5. The molecule has 1 saturated heterocycles. The summed E-state index contributed by atoms with van der Waals surface area (Å²) < 4.78 is 0. The second-order valence-corrected chi connectivity index (χ2v) is 8.21. The van der Waals surface area contributed by atoms with Crippen LogP contribution in [0.15, 0.2) is 42.1 Å². The van der Waals surface area contributed by atoms with Crippen molar-refractivity contribution < 1.29 is 10.0 Å². The number of piperidine rings is 1. The Morgan fingerprint density at radius 3 is 2.72 bits per heavy atom. The molecule has 1 aromatic carbocycles. The van der Waals surface area contributed by atoms with Crippen molar-refractivity contribution in [1.82, 2.24) is 15.4 Å². The Hall–Kier alpha value is -2.21. The van der Waals surface area contributed by atoms with Gasteiger partial charge in [0.15, 0.2) is 0 Å². The molecule has 0 radical (unpaired) electrons. The summed E-state index contributed by atoms with van der Waals surface area (Å²) in [4.78, 5) is 18.4. The van der Waals surface area contributed by atoms with E-state index >= 15 is 0 Å². The van der Waals surface area contributed by atoms with E-state index in [1.54, 1.807) is 5.48 Å². The number of carbonyl (C=O) groups excluding carboxylic acids is 1. The van der Waals surface area contributed by atoms with Gasteiger partial charge in [0.1, 0.15) is 0 Å². The van der Waals surface area contributed by atoms with E-state index < -0.39 is 0 Å². The van der Waals surface area contributed by atoms with Crippen molar-refractivity contribution >= 4 is 23.1 Å². The van der Waals surface area contributed by atoms with Gasteiger partial charge in [0.05, 0.1) is 5.69 Å². The Kier molecular flexibility index (Phi) is 6.28. The van der Waals surface area contributed by atoms with E-state index in [2.05, 4.69) is 23.1 Å². The van der Waals surface area contributed by atoms with Gasteiger partial charge >= 0.3 is 0 Å². The molecule has 1 aromatic heterocycles. The number of aryl methyl sites for hydroxylation is 2. The SMILES string of the molecule is O=C(CCCN1CCC(=C2c3ccc(Cl)cc3CCc3cccnc32)CC1)NO. The van der Waals surface area contributed by atoms with Crippen LogP contribution in [-0.2, 0) is 17.6 Å². The predicted octanol–water partition coefficient (Wildman–Crippen LogP) is 4.02. The Bertz CT molecular complexity index is 931. The number of nitrogens with one attached hydrogen (secondary N) is 1. The summed E-state index contributed by atoms with van der Waals surface area (Å²) in [5.74, 6) is -0.318. The minimum absolute atomic E-state index is 0.318. The zero-order valence-corrected chi connectivity index (χ0v) is 17.2. The number of hydrogen-bond donors (Lipinski definition) is 2. The van der Waals surface area contributed by atoms with Crippen LogP contribution in [0.25, 0.3) is 5.57 Å². The van der Waals surface area contributed by atoms with E-state index in [9.17, 15) is 4.79 Å².